The molecule has 33 heavy (non-hydrogen) atoms. The molecule has 1 aromatic heterocycles. The monoisotopic (exact) mass is 443 g/mol. The van der Waals surface area contributed by atoms with Gasteiger partial charge in [-0.15, -0.1) is 0 Å². The average Bonchev–Trinajstić information content (AvgIpc) is 2.78. The summed E-state index contributed by atoms with van der Waals surface area (Å²) in [6, 6.07) is 16.3. The molecule has 1 amide bonds. The number of H-pyrrole nitrogens is 1. The van der Waals surface area contributed by atoms with Crippen molar-refractivity contribution in [3.8, 4) is 0 Å². The Kier molecular flexibility index (Phi) is 5.41. The van der Waals surface area contributed by atoms with Crippen molar-refractivity contribution in [1.29, 1.82) is 0 Å². The standard InChI is InChI=1S/C27H29N3O3/c1-27(2)15-23-21(24(31)16-27)14-22(25(32)28-23)26(33)30-12-10-29(11-13-30)17-19-8-5-7-18-6-3-4-9-20(18)19/h3-9,14H,10-13,15-17H2,1-2H3,(H,28,32). The third-order valence-corrected chi connectivity index (χ3v) is 6.88. The molecule has 170 valence electrons. The number of hydrogen-bond acceptors (Lipinski definition) is 4. The van der Waals surface area contributed by atoms with Crippen molar-refractivity contribution in [3.05, 3.63) is 81.3 Å². The first-order chi connectivity index (χ1) is 15.8. The van der Waals surface area contributed by atoms with E-state index in [-0.39, 0.29) is 22.7 Å². The van der Waals surface area contributed by atoms with Crippen LogP contribution in [0.1, 0.15) is 52.2 Å². The molecule has 1 N–H and O–H groups in total. The molecule has 1 aliphatic carbocycles. The van der Waals surface area contributed by atoms with Crippen LogP contribution in [0.25, 0.3) is 10.8 Å². The summed E-state index contributed by atoms with van der Waals surface area (Å²) >= 11 is 0. The normalized spacial score (nSPS) is 18.4. The largest absolute Gasteiger partial charge is 0.336 e. The third kappa shape index (κ3) is 4.23. The molecule has 6 heteroatoms. The Morgan fingerprint density at radius 1 is 0.970 bits per heavy atom. The van der Waals surface area contributed by atoms with E-state index in [9.17, 15) is 14.4 Å². The predicted molar refractivity (Wildman–Crippen MR) is 129 cm³/mol. The Balaban J connectivity index is 1.29. The van der Waals surface area contributed by atoms with Crippen LogP contribution in [-0.2, 0) is 13.0 Å². The van der Waals surface area contributed by atoms with Gasteiger partial charge in [-0.05, 0) is 34.2 Å². The summed E-state index contributed by atoms with van der Waals surface area (Å²) in [7, 11) is 0. The zero-order chi connectivity index (χ0) is 23.2. The molecule has 5 rings (SSSR count). The molecule has 1 saturated heterocycles. The fraction of sp³-hybridized carbons (Fsp3) is 0.370. The number of rotatable bonds is 3. The number of carbonyl (C=O) groups is 2. The summed E-state index contributed by atoms with van der Waals surface area (Å²) in [6.07, 6.45) is 1.05. The highest BCUT2D eigenvalue weighted by Crippen LogP contribution is 2.33. The molecule has 3 aromatic rings. The number of amides is 1. The topological polar surface area (TPSA) is 73.5 Å². The summed E-state index contributed by atoms with van der Waals surface area (Å²) in [6.45, 7) is 7.46. The Hall–Kier alpha value is -3.25. The van der Waals surface area contributed by atoms with Crippen LogP contribution in [0.15, 0.2) is 53.3 Å². The van der Waals surface area contributed by atoms with E-state index in [0.29, 0.717) is 37.2 Å². The van der Waals surface area contributed by atoms with E-state index >= 15 is 0 Å². The first-order valence-corrected chi connectivity index (χ1v) is 11.6. The molecule has 0 radical (unpaired) electrons. The molecular weight excluding hydrogens is 414 g/mol. The quantitative estimate of drug-likeness (QED) is 0.671. The smallest absolute Gasteiger partial charge is 0.261 e. The Morgan fingerprint density at radius 2 is 1.70 bits per heavy atom. The van der Waals surface area contributed by atoms with Gasteiger partial charge in [0.05, 0.1) is 0 Å². The molecule has 0 spiro atoms. The highest BCUT2D eigenvalue weighted by molar-refractivity contribution is 6.02. The van der Waals surface area contributed by atoms with Gasteiger partial charge in [-0.3, -0.25) is 19.3 Å². The second-order valence-electron chi connectivity index (χ2n) is 10.1. The average molecular weight is 444 g/mol. The van der Waals surface area contributed by atoms with Gasteiger partial charge in [0.25, 0.3) is 11.5 Å². The number of carbonyl (C=O) groups excluding carboxylic acids is 2. The molecule has 0 saturated carbocycles. The number of benzene rings is 2. The highest BCUT2D eigenvalue weighted by Gasteiger charge is 2.33. The van der Waals surface area contributed by atoms with Crippen LogP contribution in [-0.4, -0.2) is 52.7 Å². The Morgan fingerprint density at radius 3 is 2.48 bits per heavy atom. The second-order valence-corrected chi connectivity index (χ2v) is 10.1. The van der Waals surface area contributed by atoms with Crippen molar-refractivity contribution in [2.75, 3.05) is 26.2 Å². The van der Waals surface area contributed by atoms with Crippen LogP contribution < -0.4 is 5.56 Å². The minimum absolute atomic E-state index is 0.00791. The summed E-state index contributed by atoms with van der Waals surface area (Å²) in [5.74, 6) is -0.298. The van der Waals surface area contributed by atoms with Gasteiger partial charge in [0.2, 0.25) is 0 Å². The van der Waals surface area contributed by atoms with Crippen LogP contribution >= 0.6 is 0 Å². The van der Waals surface area contributed by atoms with Gasteiger partial charge in [-0.25, -0.2) is 0 Å². The molecule has 6 nitrogen and oxygen atoms in total. The minimum atomic E-state index is -0.401. The zero-order valence-corrected chi connectivity index (χ0v) is 19.2. The van der Waals surface area contributed by atoms with E-state index < -0.39 is 5.56 Å². The van der Waals surface area contributed by atoms with E-state index in [1.807, 2.05) is 19.9 Å². The molecule has 2 aromatic carbocycles. The van der Waals surface area contributed by atoms with Crippen LogP contribution in [0.4, 0.5) is 0 Å². The lowest BCUT2D eigenvalue weighted by molar-refractivity contribution is 0.0627. The van der Waals surface area contributed by atoms with E-state index in [4.69, 9.17) is 0 Å². The molecule has 0 bridgehead atoms. The fourth-order valence-corrected chi connectivity index (χ4v) is 5.14. The SMILES string of the molecule is CC1(C)CC(=O)c2cc(C(=O)N3CCN(Cc4cccc5ccccc45)CC3)c(=O)[nH]c2C1. The van der Waals surface area contributed by atoms with Crippen molar-refractivity contribution < 1.29 is 9.59 Å². The maximum Gasteiger partial charge on any atom is 0.261 e. The van der Waals surface area contributed by atoms with E-state index in [1.165, 1.54) is 22.4 Å². The Labute approximate surface area is 193 Å². The van der Waals surface area contributed by atoms with Gasteiger partial charge in [0.1, 0.15) is 5.56 Å². The summed E-state index contributed by atoms with van der Waals surface area (Å²) in [5.41, 5.74) is 1.91. The lowest BCUT2D eigenvalue weighted by Crippen LogP contribution is -2.49. The first-order valence-electron chi connectivity index (χ1n) is 11.6. The number of fused-ring (bicyclic) bond motifs is 2. The molecule has 0 unspecified atom stereocenters. The van der Waals surface area contributed by atoms with Crippen molar-refractivity contribution >= 4 is 22.5 Å². The molecule has 1 fully saturated rings. The molecule has 1 aliphatic heterocycles. The second kappa shape index (κ2) is 8.27. The lowest BCUT2D eigenvalue weighted by Gasteiger charge is -2.35. The summed E-state index contributed by atoms with van der Waals surface area (Å²) in [4.78, 5) is 45.4. The van der Waals surface area contributed by atoms with Crippen LogP contribution in [0, 0.1) is 5.41 Å². The van der Waals surface area contributed by atoms with Crippen molar-refractivity contribution in [2.45, 2.75) is 33.2 Å². The highest BCUT2D eigenvalue weighted by atomic mass is 16.2. The van der Waals surface area contributed by atoms with Crippen LogP contribution in [0.3, 0.4) is 0 Å². The molecule has 2 aliphatic rings. The maximum atomic E-state index is 13.2. The van der Waals surface area contributed by atoms with E-state index in [0.717, 1.165) is 19.6 Å². The zero-order valence-electron chi connectivity index (χ0n) is 19.2. The predicted octanol–water partition coefficient (Wildman–Crippen LogP) is 3.64. The molecular formula is C27H29N3O3. The van der Waals surface area contributed by atoms with E-state index in [1.54, 1.807) is 4.90 Å². The third-order valence-electron chi connectivity index (χ3n) is 6.88. The van der Waals surface area contributed by atoms with Crippen LogP contribution in [0.5, 0.6) is 0 Å². The fourth-order valence-electron chi connectivity index (χ4n) is 5.14. The number of nitrogens with zero attached hydrogens (tertiary/aromatic N) is 2. The van der Waals surface area contributed by atoms with Gasteiger partial charge in [-0.2, -0.15) is 0 Å². The van der Waals surface area contributed by atoms with Gasteiger partial charge in [0, 0.05) is 50.4 Å². The number of ketones is 1. The lowest BCUT2D eigenvalue weighted by atomic mass is 9.75. The number of aromatic nitrogens is 1. The van der Waals surface area contributed by atoms with Crippen LogP contribution in [0.2, 0.25) is 0 Å². The van der Waals surface area contributed by atoms with Gasteiger partial charge in [0.15, 0.2) is 5.78 Å². The maximum absolute atomic E-state index is 13.2. The van der Waals surface area contributed by atoms with E-state index in [2.05, 4.69) is 46.3 Å². The van der Waals surface area contributed by atoms with Gasteiger partial charge >= 0.3 is 0 Å². The molecule has 2 heterocycles. The number of piperazine rings is 1. The minimum Gasteiger partial charge on any atom is -0.336 e. The number of Topliss-reactive ketones (excluding diaryl/α,β-unsaturated/α-hetero) is 1. The van der Waals surface area contributed by atoms with Crippen molar-refractivity contribution in [2.24, 2.45) is 5.41 Å². The number of aromatic amines is 1. The van der Waals surface area contributed by atoms with Crippen molar-refractivity contribution in [3.63, 3.8) is 0 Å². The number of hydrogen-bond donors (Lipinski definition) is 1. The molecule has 0 atom stereocenters. The number of nitrogens with one attached hydrogen (secondary N) is 1. The van der Waals surface area contributed by atoms with Crippen molar-refractivity contribution in [1.82, 2.24) is 14.8 Å². The Bertz CT molecular complexity index is 1290. The van der Waals surface area contributed by atoms with Gasteiger partial charge < -0.3 is 9.88 Å². The number of pyridine rings is 1. The van der Waals surface area contributed by atoms with Gasteiger partial charge in [-0.1, -0.05) is 56.3 Å². The summed E-state index contributed by atoms with van der Waals surface area (Å²) in [5, 5.41) is 2.49. The summed E-state index contributed by atoms with van der Waals surface area (Å²) < 4.78 is 0. The first kappa shape index (κ1) is 21.6.